The maximum absolute atomic E-state index is 12.0. The zero-order valence-electron chi connectivity index (χ0n) is 10.4. The van der Waals surface area contributed by atoms with Crippen molar-refractivity contribution < 1.29 is 4.79 Å². The van der Waals surface area contributed by atoms with Gasteiger partial charge in [0, 0.05) is 17.1 Å². The first-order chi connectivity index (χ1) is 9.72. The quantitative estimate of drug-likeness (QED) is 0.778. The minimum absolute atomic E-state index is 0.161. The fourth-order valence-electron chi connectivity index (χ4n) is 2.04. The van der Waals surface area contributed by atoms with Crippen LogP contribution in [0.25, 0.3) is 10.9 Å². The molecule has 3 rings (SSSR count). The molecule has 0 saturated heterocycles. The summed E-state index contributed by atoms with van der Waals surface area (Å²) in [5.74, 6) is 0.189. The first-order valence-corrected chi connectivity index (χ1v) is 6.42. The number of halogens is 1. The highest BCUT2D eigenvalue weighted by Crippen LogP contribution is 2.18. The van der Waals surface area contributed by atoms with E-state index in [0.29, 0.717) is 5.82 Å². The van der Waals surface area contributed by atoms with Crippen LogP contribution in [0.4, 0.5) is 5.82 Å². The number of benzene rings is 1. The van der Waals surface area contributed by atoms with E-state index < -0.39 is 0 Å². The molecule has 20 heavy (non-hydrogen) atoms. The van der Waals surface area contributed by atoms with Crippen molar-refractivity contribution in [3.8, 4) is 0 Å². The number of nitrogens with zero attached hydrogens (tertiary/aromatic N) is 2. The van der Waals surface area contributed by atoms with Gasteiger partial charge in [-0.1, -0.05) is 29.8 Å². The van der Waals surface area contributed by atoms with Crippen LogP contribution < -0.4 is 5.32 Å². The number of rotatable bonds is 3. The third kappa shape index (κ3) is 2.62. The van der Waals surface area contributed by atoms with Gasteiger partial charge in [0.15, 0.2) is 5.82 Å². The lowest BCUT2D eigenvalue weighted by atomic mass is 10.1. The molecule has 0 bridgehead atoms. The lowest BCUT2D eigenvalue weighted by Gasteiger charge is -2.03. The third-order valence-corrected chi connectivity index (χ3v) is 3.08. The number of carbonyl (C=O) groups excluding carboxylic acids is 1. The number of nitrogens with one attached hydrogen (secondary N) is 2. The highest BCUT2D eigenvalue weighted by molar-refractivity contribution is 6.29. The molecule has 1 aromatic carbocycles. The Balaban J connectivity index is 1.76. The van der Waals surface area contributed by atoms with E-state index in [1.807, 2.05) is 30.5 Å². The fourth-order valence-corrected chi connectivity index (χ4v) is 2.19. The molecular weight excluding hydrogens is 276 g/mol. The molecule has 2 N–H and O–H groups in total. The SMILES string of the molecule is O=C(Cc1c[nH]c2ccccc12)Nc1cncc(Cl)n1. The minimum Gasteiger partial charge on any atom is -0.361 e. The summed E-state index contributed by atoms with van der Waals surface area (Å²) in [6.45, 7) is 0. The van der Waals surface area contributed by atoms with Crippen LogP contribution in [0.2, 0.25) is 5.15 Å². The smallest absolute Gasteiger partial charge is 0.230 e. The molecule has 0 aliphatic carbocycles. The van der Waals surface area contributed by atoms with Gasteiger partial charge >= 0.3 is 0 Å². The fraction of sp³-hybridized carbons (Fsp3) is 0.0714. The summed E-state index contributed by atoms with van der Waals surface area (Å²) in [6.07, 6.45) is 4.97. The van der Waals surface area contributed by atoms with Gasteiger partial charge in [-0.15, -0.1) is 0 Å². The van der Waals surface area contributed by atoms with E-state index in [1.54, 1.807) is 0 Å². The lowest BCUT2D eigenvalue weighted by Crippen LogP contribution is -2.15. The second-order valence-electron chi connectivity index (χ2n) is 4.31. The largest absolute Gasteiger partial charge is 0.361 e. The highest BCUT2D eigenvalue weighted by Gasteiger charge is 2.09. The molecule has 5 nitrogen and oxygen atoms in total. The molecule has 0 atom stereocenters. The van der Waals surface area contributed by atoms with Crippen molar-refractivity contribution in [2.24, 2.45) is 0 Å². The second kappa shape index (κ2) is 5.30. The van der Waals surface area contributed by atoms with Gasteiger partial charge in [-0.3, -0.25) is 9.78 Å². The van der Waals surface area contributed by atoms with Crippen LogP contribution in [0.3, 0.4) is 0 Å². The summed E-state index contributed by atoms with van der Waals surface area (Å²) < 4.78 is 0. The number of aromatic nitrogens is 3. The number of anilines is 1. The van der Waals surface area contributed by atoms with E-state index in [1.165, 1.54) is 12.4 Å². The number of para-hydroxylation sites is 1. The number of fused-ring (bicyclic) bond motifs is 1. The van der Waals surface area contributed by atoms with Gasteiger partial charge in [-0.05, 0) is 11.6 Å². The van der Waals surface area contributed by atoms with E-state index in [0.717, 1.165) is 16.5 Å². The third-order valence-electron chi connectivity index (χ3n) is 2.90. The molecule has 0 fully saturated rings. The standard InChI is InChI=1S/C14H11ClN4O/c15-12-7-16-8-13(18-12)19-14(20)5-9-6-17-11-4-2-1-3-10(9)11/h1-4,6-8,17H,5H2,(H,18,19,20). The van der Waals surface area contributed by atoms with E-state index in [4.69, 9.17) is 11.6 Å². The minimum atomic E-state index is -0.161. The van der Waals surface area contributed by atoms with Crippen LogP contribution in [0.15, 0.2) is 42.9 Å². The number of amides is 1. The van der Waals surface area contributed by atoms with Crippen LogP contribution >= 0.6 is 11.6 Å². The molecule has 2 heterocycles. The summed E-state index contributed by atoms with van der Waals surface area (Å²) in [5, 5.41) is 3.96. The van der Waals surface area contributed by atoms with Crippen molar-refractivity contribution >= 4 is 34.2 Å². The first-order valence-electron chi connectivity index (χ1n) is 6.05. The Morgan fingerprint density at radius 2 is 2.15 bits per heavy atom. The van der Waals surface area contributed by atoms with Crippen LogP contribution in [0.1, 0.15) is 5.56 Å². The van der Waals surface area contributed by atoms with Crippen molar-refractivity contribution in [1.29, 1.82) is 0 Å². The second-order valence-corrected chi connectivity index (χ2v) is 4.70. The highest BCUT2D eigenvalue weighted by atomic mass is 35.5. The predicted octanol–water partition coefficient (Wildman–Crippen LogP) is 2.79. The van der Waals surface area contributed by atoms with Crippen LogP contribution in [-0.2, 0) is 11.2 Å². The molecule has 6 heteroatoms. The number of carbonyl (C=O) groups is 1. The summed E-state index contributed by atoms with van der Waals surface area (Å²) in [7, 11) is 0. The first kappa shape index (κ1) is 12.6. The van der Waals surface area contributed by atoms with Gasteiger partial charge in [0.2, 0.25) is 5.91 Å². The Morgan fingerprint density at radius 3 is 3.00 bits per heavy atom. The maximum Gasteiger partial charge on any atom is 0.230 e. The Labute approximate surface area is 120 Å². The van der Waals surface area contributed by atoms with Gasteiger partial charge in [0.05, 0.1) is 18.8 Å². The molecule has 3 aromatic rings. The van der Waals surface area contributed by atoms with Crippen molar-refractivity contribution in [2.75, 3.05) is 5.32 Å². The number of aromatic amines is 1. The van der Waals surface area contributed by atoms with Crippen molar-refractivity contribution in [1.82, 2.24) is 15.0 Å². The Kier molecular flexibility index (Phi) is 3.35. The van der Waals surface area contributed by atoms with Crippen LogP contribution in [-0.4, -0.2) is 20.9 Å². The van der Waals surface area contributed by atoms with Crippen LogP contribution in [0.5, 0.6) is 0 Å². The van der Waals surface area contributed by atoms with Crippen LogP contribution in [0, 0.1) is 0 Å². The molecule has 0 aliphatic rings. The van der Waals surface area contributed by atoms with Gasteiger partial charge < -0.3 is 10.3 Å². The van der Waals surface area contributed by atoms with Gasteiger partial charge in [0.1, 0.15) is 5.15 Å². The summed E-state index contributed by atoms with van der Waals surface area (Å²) in [4.78, 5) is 23.0. The lowest BCUT2D eigenvalue weighted by molar-refractivity contribution is -0.115. The molecule has 0 spiro atoms. The molecule has 0 unspecified atom stereocenters. The Hall–Kier alpha value is -2.40. The number of hydrogen-bond acceptors (Lipinski definition) is 3. The van der Waals surface area contributed by atoms with E-state index >= 15 is 0 Å². The number of H-pyrrole nitrogens is 1. The van der Waals surface area contributed by atoms with Gasteiger partial charge in [0.25, 0.3) is 0 Å². The van der Waals surface area contributed by atoms with E-state index in [-0.39, 0.29) is 17.5 Å². The molecule has 1 amide bonds. The van der Waals surface area contributed by atoms with Crippen molar-refractivity contribution in [2.45, 2.75) is 6.42 Å². The van der Waals surface area contributed by atoms with Crippen molar-refractivity contribution in [3.63, 3.8) is 0 Å². The maximum atomic E-state index is 12.0. The topological polar surface area (TPSA) is 70.7 Å². The predicted molar refractivity (Wildman–Crippen MR) is 77.7 cm³/mol. The molecule has 2 aromatic heterocycles. The zero-order chi connectivity index (χ0) is 13.9. The van der Waals surface area contributed by atoms with Crippen molar-refractivity contribution in [3.05, 3.63) is 53.6 Å². The molecule has 0 radical (unpaired) electrons. The molecule has 0 saturated carbocycles. The summed E-state index contributed by atoms with van der Waals surface area (Å²) in [5.41, 5.74) is 1.95. The zero-order valence-corrected chi connectivity index (χ0v) is 11.2. The average molecular weight is 287 g/mol. The Morgan fingerprint density at radius 1 is 1.30 bits per heavy atom. The van der Waals surface area contributed by atoms with E-state index in [9.17, 15) is 4.79 Å². The monoisotopic (exact) mass is 286 g/mol. The molecular formula is C14H11ClN4O. The normalized spacial score (nSPS) is 10.7. The molecule has 100 valence electrons. The Bertz CT molecular complexity index is 768. The summed E-state index contributed by atoms with van der Waals surface area (Å²) >= 11 is 5.72. The summed E-state index contributed by atoms with van der Waals surface area (Å²) in [6, 6.07) is 7.84. The number of hydrogen-bond donors (Lipinski definition) is 2. The van der Waals surface area contributed by atoms with Gasteiger partial charge in [-0.2, -0.15) is 0 Å². The van der Waals surface area contributed by atoms with E-state index in [2.05, 4.69) is 20.3 Å². The van der Waals surface area contributed by atoms with Gasteiger partial charge in [-0.25, -0.2) is 4.98 Å². The average Bonchev–Trinajstić information content (AvgIpc) is 2.82. The molecule has 0 aliphatic heterocycles.